The first-order valence-electron chi connectivity index (χ1n) is 6.17. The van der Waals surface area contributed by atoms with Crippen LogP contribution in [-0.4, -0.2) is 7.05 Å². The lowest BCUT2D eigenvalue weighted by Crippen LogP contribution is -2.10. The molecule has 0 unspecified atom stereocenters. The molecule has 0 radical (unpaired) electrons. The van der Waals surface area contributed by atoms with Gasteiger partial charge < -0.3 is 4.90 Å². The second-order valence-corrected chi connectivity index (χ2v) is 5.78. The van der Waals surface area contributed by atoms with Gasteiger partial charge >= 0.3 is 0 Å². The number of hydrogen-bond donors (Lipinski definition) is 0. The number of rotatable bonds is 3. The third kappa shape index (κ3) is 3.31. The van der Waals surface area contributed by atoms with Gasteiger partial charge in [0.05, 0.1) is 0 Å². The second kappa shape index (κ2) is 5.98. The van der Waals surface area contributed by atoms with E-state index in [2.05, 4.69) is 72.1 Å². The Balaban J connectivity index is 2.38. The van der Waals surface area contributed by atoms with Gasteiger partial charge in [0, 0.05) is 28.8 Å². The number of alkyl halides is 1. The van der Waals surface area contributed by atoms with Crippen molar-refractivity contribution >= 4 is 38.9 Å². The molecular formula is C16H17BrClN. The fourth-order valence-electron chi connectivity index (χ4n) is 2.15. The van der Waals surface area contributed by atoms with Crippen LogP contribution in [0.3, 0.4) is 0 Å². The molecule has 0 aliphatic carbocycles. The summed E-state index contributed by atoms with van der Waals surface area (Å²) in [7, 11) is 2.06. The second-order valence-electron chi connectivity index (χ2n) is 4.81. The highest BCUT2D eigenvalue weighted by Crippen LogP contribution is 2.30. The molecule has 0 spiro atoms. The highest BCUT2D eigenvalue weighted by Gasteiger charge is 2.07. The smallest absolute Gasteiger partial charge is 0.0467 e. The van der Waals surface area contributed by atoms with Gasteiger partial charge in [-0.15, -0.1) is 0 Å². The van der Waals surface area contributed by atoms with Gasteiger partial charge in [-0.3, -0.25) is 0 Å². The van der Waals surface area contributed by atoms with Crippen molar-refractivity contribution < 1.29 is 0 Å². The first-order chi connectivity index (χ1) is 9.01. The summed E-state index contributed by atoms with van der Waals surface area (Å²) in [4.78, 5) is 2.16. The number of hydrogen-bond acceptors (Lipinski definition) is 1. The topological polar surface area (TPSA) is 3.24 Å². The molecule has 100 valence electrons. The van der Waals surface area contributed by atoms with Gasteiger partial charge in [0.15, 0.2) is 0 Å². The van der Waals surface area contributed by atoms with Crippen LogP contribution in [0.2, 0.25) is 5.02 Å². The lowest BCUT2D eigenvalue weighted by molar-refractivity contribution is 1.19. The Morgan fingerprint density at radius 1 is 1.00 bits per heavy atom. The van der Waals surface area contributed by atoms with Crippen LogP contribution in [-0.2, 0) is 5.33 Å². The number of aryl methyl sites for hydroxylation is 2. The zero-order chi connectivity index (χ0) is 14.0. The normalized spacial score (nSPS) is 10.6. The van der Waals surface area contributed by atoms with Gasteiger partial charge in [-0.05, 0) is 54.8 Å². The summed E-state index contributed by atoms with van der Waals surface area (Å²) in [6, 6.07) is 12.7. The maximum atomic E-state index is 6.27. The highest BCUT2D eigenvalue weighted by atomic mass is 79.9. The van der Waals surface area contributed by atoms with E-state index in [0.717, 1.165) is 21.6 Å². The molecule has 0 amide bonds. The highest BCUT2D eigenvalue weighted by molar-refractivity contribution is 9.08. The summed E-state index contributed by atoms with van der Waals surface area (Å²) in [5.74, 6) is 0. The number of nitrogens with zero attached hydrogens (tertiary/aromatic N) is 1. The Morgan fingerprint density at radius 3 is 2.16 bits per heavy atom. The monoisotopic (exact) mass is 337 g/mol. The van der Waals surface area contributed by atoms with E-state index in [1.54, 1.807) is 0 Å². The molecule has 3 heteroatoms. The number of anilines is 2. The van der Waals surface area contributed by atoms with Gasteiger partial charge in [0.2, 0.25) is 0 Å². The van der Waals surface area contributed by atoms with Gasteiger partial charge in [0.1, 0.15) is 0 Å². The maximum Gasteiger partial charge on any atom is 0.0467 e. The van der Waals surface area contributed by atoms with Crippen molar-refractivity contribution in [1.82, 2.24) is 0 Å². The fraction of sp³-hybridized carbons (Fsp3) is 0.250. The Bertz CT molecular complexity index is 575. The van der Waals surface area contributed by atoms with Crippen LogP contribution in [0.25, 0.3) is 0 Å². The van der Waals surface area contributed by atoms with Crippen LogP contribution in [0.5, 0.6) is 0 Å². The third-order valence-electron chi connectivity index (χ3n) is 3.16. The van der Waals surface area contributed by atoms with Crippen molar-refractivity contribution in [1.29, 1.82) is 0 Å². The molecule has 0 saturated heterocycles. The summed E-state index contributed by atoms with van der Waals surface area (Å²) in [6.45, 7) is 4.23. The van der Waals surface area contributed by atoms with Gasteiger partial charge in [0.25, 0.3) is 0 Å². The minimum Gasteiger partial charge on any atom is -0.345 e. The average molecular weight is 339 g/mol. The summed E-state index contributed by atoms with van der Waals surface area (Å²) < 4.78 is 0. The molecule has 2 aromatic rings. The van der Waals surface area contributed by atoms with Crippen molar-refractivity contribution in [3.05, 3.63) is 58.1 Å². The maximum absolute atomic E-state index is 6.27. The van der Waals surface area contributed by atoms with Crippen LogP contribution in [0, 0.1) is 13.8 Å². The predicted octanol–water partition coefficient (Wildman–Crippen LogP) is 5.62. The van der Waals surface area contributed by atoms with Crippen molar-refractivity contribution in [2.45, 2.75) is 19.2 Å². The van der Waals surface area contributed by atoms with E-state index in [9.17, 15) is 0 Å². The van der Waals surface area contributed by atoms with Gasteiger partial charge in [-0.1, -0.05) is 39.7 Å². The Morgan fingerprint density at radius 2 is 1.63 bits per heavy atom. The quantitative estimate of drug-likeness (QED) is 0.657. The average Bonchev–Trinajstić information content (AvgIpc) is 2.36. The first kappa shape index (κ1) is 14.4. The summed E-state index contributed by atoms with van der Waals surface area (Å²) >= 11 is 9.70. The van der Waals surface area contributed by atoms with E-state index in [-0.39, 0.29) is 0 Å². The summed E-state index contributed by atoms with van der Waals surface area (Å²) in [6.07, 6.45) is 0. The van der Waals surface area contributed by atoms with Crippen molar-refractivity contribution in [2.24, 2.45) is 0 Å². The molecule has 0 heterocycles. The predicted molar refractivity (Wildman–Crippen MR) is 88.1 cm³/mol. The first-order valence-corrected chi connectivity index (χ1v) is 7.67. The number of benzene rings is 2. The molecule has 0 saturated carbocycles. The van der Waals surface area contributed by atoms with E-state index >= 15 is 0 Å². The summed E-state index contributed by atoms with van der Waals surface area (Å²) in [5, 5.41) is 1.57. The van der Waals surface area contributed by atoms with Crippen LogP contribution < -0.4 is 4.90 Å². The van der Waals surface area contributed by atoms with E-state index in [1.165, 1.54) is 16.8 Å². The standard InChI is InChI=1S/C16H17BrClN/c1-11-6-12(2)8-15(7-11)19(3)14-5-4-13(10-17)16(18)9-14/h4-9H,10H2,1-3H3. The number of halogens is 2. The SMILES string of the molecule is Cc1cc(C)cc(N(C)c2ccc(CBr)c(Cl)c2)c1. The Kier molecular flexibility index (Phi) is 4.54. The largest absolute Gasteiger partial charge is 0.345 e. The zero-order valence-electron chi connectivity index (χ0n) is 11.4. The lowest BCUT2D eigenvalue weighted by Gasteiger charge is -2.21. The van der Waals surface area contributed by atoms with Crippen molar-refractivity contribution in [3.8, 4) is 0 Å². The minimum absolute atomic E-state index is 0.777. The van der Waals surface area contributed by atoms with Crippen LogP contribution in [0.15, 0.2) is 36.4 Å². The Hall–Kier alpha value is -0.990. The van der Waals surface area contributed by atoms with Gasteiger partial charge in [-0.2, -0.15) is 0 Å². The van der Waals surface area contributed by atoms with Crippen molar-refractivity contribution in [2.75, 3.05) is 11.9 Å². The van der Waals surface area contributed by atoms with Crippen LogP contribution in [0.4, 0.5) is 11.4 Å². The zero-order valence-corrected chi connectivity index (χ0v) is 13.7. The van der Waals surface area contributed by atoms with Crippen molar-refractivity contribution in [3.63, 3.8) is 0 Å². The van der Waals surface area contributed by atoms with E-state index < -0.39 is 0 Å². The Labute approximate surface area is 128 Å². The third-order valence-corrected chi connectivity index (χ3v) is 4.12. The minimum atomic E-state index is 0.777. The molecule has 0 aliphatic heterocycles. The molecule has 0 aromatic heterocycles. The van der Waals surface area contributed by atoms with Crippen LogP contribution in [0.1, 0.15) is 16.7 Å². The van der Waals surface area contributed by atoms with E-state index in [1.807, 2.05) is 6.07 Å². The van der Waals surface area contributed by atoms with E-state index in [0.29, 0.717) is 0 Å². The molecule has 0 aliphatic rings. The molecule has 2 rings (SSSR count). The molecule has 0 N–H and O–H groups in total. The van der Waals surface area contributed by atoms with E-state index in [4.69, 9.17) is 11.6 Å². The fourth-order valence-corrected chi connectivity index (χ4v) is 3.04. The lowest BCUT2D eigenvalue weighted by atomic mass is 10.1. The summed E-state index contributed by atoms with van der Waals surface area (Å²) in [5.41, 5.74) is 5.93. The molecular weight excluding hydrogens is 322 g/mol. The molecule has 2 aromatic carbocycles. The molecule has 0 fully saturated rings. The molecule has 0 bridgehead atoms. The van der Waals surface area contributed by atoms with Gasteiger partial charge in [-0.25, -0.2) is 0 Å². The van der Waals surface area contributed by atoms with Crippen LogP contribution >= 0.6 is 27.5 Å². The molecule has 0 atom stereocenters. The molecule has 1 nitrogen and oxygen atoms in total. The molecule has 19 heavy (non-hydrogen) atoms.